The number of aromatic amines is 1. The molecule has 0 aliphatic heterocycles. The lowest BCUT2D eigenvalue weighted by Crippen LogP contribution is -2.40. The second-order valence-electron chi connectivity index (χ2n) is 4.80. The minimum atomic E-state index is -0.372. The van der Waals surface area contributed by atoms with Gasteiger partial charge in [-0.05, 0) is 38.5 Å². The highest BCUT2D eigenvalue weighted by Gasteiger charge is 2.22. The van der Waals surface area contributed by atoms with Gasteiger partial charge in [0.2, 0.25) is 0 Å². The minimum absolute atomic E-state index is 0.101. The first kappa shape index (κ1) is 11.0. The summed E-state index contributed by atoms with van der Waals surface area (Å²) in [5.74, 6) is 0. The molecule has 0 bridgehead atoms. The lowest BCUT2D eigenvalue weighted by atomic mass is 10.1. The van der Waals surface area contributed by atoms with Crippen molar-refractivity contribution in [2.24, 2.45) is 5.73 Å². The normalized spacial score (nSPS) is 12.2. The predicted molar refractivity (Wildman–Crippen MR) is 65.7 cm³/mol. The third-order valence-corrected chi connectivity index (χ3v) is 2.94. The van der Waals surface area contributed by atoms with Gasteiger partial charge in [0.25, 0.3) is 0 Å². The molecule has 0 unspecified atom stereocenters. The van der Waals surface area contributed by atoms with Crippen molar-refractivity contribution in [1.82, 2.24) is 9.55 Å². The Kier molecular flexibility index (Phi) is 2.39. The third-order valence-electron chi connectivity index (χ3n) is 2.94. The zero-order valence-electron chi connectivity index (χ0n) is 9.87. The van der Waals surface area contributed by atoms with Gasteiger partial charge in [-0.1, -0.05) is 6.07 Å². The number of imidazole rings is 1. The van der Waals surface area contributed by atoms with Gasteiger partial charge in [-0.25, -0.2) is 4.79 Å². The van der Waals surface area contributed by atoms with E-state index in [1.807, 2.05) is 39.0 Å². The van der Waals surface area contributed by atoms with E-state index in [4.69, 9.17) is 5.73 Å². The van der Waals surface area contributed by atoms with E-state index in [-0.39, 0.29) is 11.2 Å². The highest BCUT2D eigenvalue weighted by atomic mass is 16.1. The van der Waals surface area contributed by atoms with Crippen molar-refractivity contribution in [3.63, 3.8) is 0 Å². The first-order valence-electron chi connectivity index (χ1n) is 5.37. The molecule has 0 saturated carbocycles. The fraction of sp³-hybridized carbons (Fsp3) is 0.417. The zero-order valence-corrected chi connectivity index (χ0v) is 9.87. The van der Waals surface area contributed by atoms with E-state index in [0.29, 0.717) is 6.54 Å². The van der Waals surface area contributed by atoms with Crippen LogP contribution in [-0.2, 0) is 5.54 Å². The maximum atomic E-state index is 11.9. The molecular weight excluding hydrogens is 202 g/mol. The van der Waals surface area contributed by atoms with Crippen LogP contribution in [0.5, 0.6) is 0 Å². The maximum absolute atomic E-state index is 11.9. The summed E-state index contributed by atoms with van der Waals surface area (Å²) in [6, 6.07) is 5.91. The molecule has 0 spiro atoms. The van der Waals surface area contributed by atoms with Gasteiger partial charge < -0.3 is 10.7 Å². The third kappa shape index (κ3) is 1.55. The molecule has 16 heavy (non-hydrogen) atoms. The fourth-order valence-electron chi connectivity index (χ4n) is 1.91. The quantitative estimate of drug-likeness (QED) is 0.800. The topological polar surface area (TPSA) is 63.8 Å². The summed E-state index contributed by atoms with van der Waals surface area (Å²) in [6.07, 6.45) is 0. The van der Waals surface area contributed by atoms with Crippen molar-refractivity contribution in [1.29, 1.82) is 0 Å². The van der Waals surface area contributed by atoms with E-state index in [0.717, 1.165) is 16.6 Å². The number of fused-ring (bicyclic) bond motifs is 1. The van der Waals surface area contributed by atoms with Crippen LogP contribution in [0, 0.1) is 6.92 Å². The molecule has 0 atom stereocenters. The lowest BCUT2D eigenvalue weighted by molar-refractivity contribution is 0.367. The SMILES string of the molecule is Cc1ccc2[nH]c(=O)n(C(C)(C)CN)c2c1. The van der Waals surface area contributed by atoms with Gasteiger partial charge in [0, 0.05) is 6.54 Å². The molecule has 1 aromatic heterocycles. The Morgan fingerprint density at radius 2 is 2.12 bits per heavy atom. The number of H-pyrrole nitrogens is 1. The Bertz CT molecular complexity index is 577. The molecule has 0 saturated heterocycles. The molecular formula is C12H17N3O. The molecule has 0 amide bonds. The van der Waals surface area contributed by atoms with Crippen LogP contribution in [0.15, 0.2) is 23.0 Å². The molecule has 2 aromatic rings. The van der Waals surface area contributed by atoms with E-state index >= 15 is 0 Å². The number of aryl methyl sites for hydroxylation is 1. The van der Waals surface area contributed by atoms with Crippen LogP contribution in [0.3, 0.4) is 0 Å². The lowest BCUT2D eigenvalue weighted by Gasteiger charge is -2.24. The van der Waals surface area contributed by atoms with Gasteiger partial charge in [-0.15, -0.1) is 0 Å². The van der Waals surface area contributed by atoms with E-state index < -0.39 is 0 Å². The second kappa shape index (κ2) is 3.49. The van der Waals surface area contributed by atoms with Crippen molar-refractivity contribution >= 4 is 11.0 Å². The van der Waals surface area contributed by atoms with Crippen LogP contribution >= 0.6 is 0 Å². The molecule has 2 rings (SSSR count). The van der Waals surface area contributed by atoms with Crippen LogP contribution in [0.1, 0.15) is 19.4 Å². The van der Waals surface area contributed by atoms with Gasteiger partial charge in [-0.2, -0.15) is 0 Å². The zero-order chi connectivity index (χ0) is 11.9. The summed E-state index contributed by atoms with van der Waals surface area (Å²) in [6.45, 7) is 6.36. The average Bonchev–Trinajstić information content (AvgIpc) is 2.54. The second-order valence-corrected chi connectivity index (χ2v) is 4.80. The van der Waals surface area contributed by atoms with E-state index in [9.17, 15) is 4.79 Å². The van der Waals surface area contributed by atoms with Crippen molar-refractivity contribution in [2.75, 3.05) is 6.54 Å². The van der Waals surface area contributed by atoms with Gasteiger partial charge in [-0.3, -0.25) is 4.57 Å². The molecule has 86 valence electrons. The van der Waals surface area contributed by atoms with Crippen LogP contribution in [0.4, 0.5) is 0 Å². The number of aromatic nitrogens is 2. The minimum Gasteiger partial charge on any atom is -0.328 e. The Labute approximate surface area is 94.1 Å². The highest BCUT2D eigenvalue weighted by molar-refractivity contribution is 5.76. The molecule has 0 fully saturated rings. The molecule has 0 aliphatic rings. The standard InChI is InChI=1S/C12H17N3O/c1-8-4-5-9-10(6-8)15(11(16)14-9)12(2,3)7-13/h4-6H,7,13H2,1-3H3,(H,14,16). The molecule has 0 aliphatic carbocycles. The van der Waals surface area contributed by atoms with Crippen molar-refractivity contribution in [3.8, 4) is 0 Å². The molecule has 4 nitrogen and oxygen atoms in total. The van der Waals surface area contributed by atoms with Gasteiger partial charge >= 0.3 is 5.69 Å². The summed E-state index contributed by atoms with van der Waals surface area (Å²) in [7, 11) is 0. The molecule has 3 N–H and O–H groups in total. The molecule has 0 radical (unpaired) electrons. The summed E-state index contributed by atoms with van der Waals surface area (Å²) in [5, 5.41) is 0. The summed E-state index contributed by atoms with van der Waals surface area (Å²) < 4.78 is 1.73. The van der Waals surface area contributed by atoms with Crippen molar-refractivity contribution in [2.45, 2.75) is 26.3 Å². The number of nitrogens with zero attached hydrogens (tertiary/aromatic N) is 1. The maximum Gasteiger partial charge on any atom is 0.327 e. The van der Waals surface area contributed by atoms with Crippen LogP contribution in [-0.4, -0.2) is 16.1 Å². The molecule has 1 heterocycles. The Morgan fingerprint density at radius 1 is 1.44 bits per heavy atom. The van der Waals surface area contributed by atoms with Crippen LogP contribution in [0.25, 0.3) is 11.0 Å². The smallest absolute Gasteiger partial charge is 0.327 e. The number of nitrogens with one attached hydrogen (secondary N) is 1. The van der Waals surface area contributed by atoms with E-state index in [2.05, 4.69) is 4.98 Å². The van der Waals surface area contributed by atoms with Gasteiger partial charge in [0.15, 0.2) is 0 Å². The number of benzene rings is 1. The van der Waals surface area contributed by atoms with Gasteiger partial charge in [0.05, 0.1) is 16.6 Å². The van der Waals surface area contributed by atoms with E-state index in [1.54, 1.807) is 4.57 Å². The van der Waals surface area contributed by atoms with Gasteiger partial charge in [0.1, 0.15) is 0 Å². The fourth-order valence-corrected chi connectivity index (χ4v) is 1.91. The largest absolute Gasteiger partial charge is 0.328 e. The number of hydrogen-bond acceptors (Lipinski definition) is 2. The van der Waals surface area contributed by atoms with Crippen LogP contribution < -0.4 is 11.4 Å². The van der Waals surface area contributed by atoms with E-state index in [1.165, 1.54) is 0 Å². The average molecular weight is 219 g/mol. The molecule has 4 heteroatoms. The monoisotopic (exact) mass is 219 g/mol. The predicted octanol–water partition coefficient (Wildman–Crippen LogP) is 1.33. The highest BCUT2D eigenvalue weighted by Crippen LogP contribution is 2.19. The first-order valence-corrected chi connectivity index (χ1v) is 5.37. The Balaban J connectivity index is 2.83. The van der Waals surface area contributed by atoms with Crippen molar-refractivity contribution < 1.29 is 0 Å². The van der Waals surface area contributed by atoms with Crippen LogP contribution in [0.2, 0.25) is 0 Å². The first-order chi connectivity index (χ1) is 7.45. The number of rotatable bonds is 2. The summed E-state index contributed by atoms with van der Waals surface area (Å²) in [4.78, 5) is 14.8. The summed E-state index contributed by atoms with van der Waals surface area (Å²) in [5.41, 5.74) is 8.16. The number of hydrogen-bond donors (Lipinski definition) is 2. The molecule has 1 aromatic carbocycles. The van der Waals surface area contributed by atoms with Crippen molar-refractivity contribution in [3.05, 3.63) is 34.2 Å². The number of nitrogens with two attached hydrogens (primary N) is 1. The Hall–Kier alpha value is -1.55. The Morgan fingerprint density at radius 3 is 2.75 bits per heavy atom. The summed E-state index contributed by atoms with van der Waals surface area (Å²) >= 11 is 0.